The molecule has 1 N–H and O–H groups in total. The lowest BCUT2D eigenvalue weighted by atomic mass is 9.87. The van der Waals surface area contributed by atoms with E-state index < -0.39 is 11.4 Å². The van der Waals surface area contributed by atoms with Gasteiger partial charge in [-0.2, -0.15) is 0 Å². The van der Waals surface area contributed by atoms with Gasteiger partial charge in [-0.3, -0.25) is 9.78 Å². The lowest BCUT2D eigenvalue weighted by Crippen LogP contribution is -2.23. The van der Waals surface area contributed by atoms with Crippen molar-refractivity contribution in [2.24, 2.45) is 5.41 Å². The average Bonchev–Trinajstić information content (AvgIpc) is 2.78. The Labute approximate surface area is 112 Å². The molecule has 0 spiro atoms. The lowest BCUT2D eigenvalue weighted by Gasteiger charge is -2.18. The zero-order valence-corrected chi connectivity index (χ0v) is 11.3. The molecule has 19 heavy (non-hydrogen) atoms. The molecule has 0 saturated carbocycles. The van der Waals surface area contributed by atoms with Crippen molar-refractivity contribution in [1.82, 2.24) is 14.5 Å². The van der Waals surface area contributed by atoms with Gasteiger partial charge in [0, 0.05) is 12.7 Å². The van der Waals surface area contributed by atoms with Crippen molar-refractivity contribution in [2.75, 3.05) is 0 Å². The molecule has 0 aliphatic carbocycles. The molecule has 2 rings (SSSR count). The Morgan fingerprint density at radius 3 is 2.95 bits per heavy atom. The molecule has 0 atom stereocenters. The van der Waals surface area contributed by atoms with Crippen LogP contribution < -0.4 is 0 Å². The van der Waals surface area contributed by atoms with Crippen LogP contribution in [0, 0.1) is 5.41 Å². The number of aryl methyl sites for hydroxylation is 1. The van der Waals surface area contributed by atoms with Gasteiger partial charge >= 0.3 is 5.97 Å². The number of imidazole rings is 1. The Morgan fingerprint density at radius 1 is 1.42 bits per heavy atom. The molecule has 0 fully saturated rings. The normalized spacial score (nSPS) is 11.9. The third-order valence-electron chi connectivity index (χ3n) is 3.45. The minimum Gasteiger partial charge on any atom is -0.481 e. The van der Waals surface area contributed by atoms with Crippen molar-refractivity contribution in [3.63, 3.8) is 0 Å². The number of carboxylic acids is 1. The second-order valence-electron chi connectivity index (χ2n) is 5.45. The summed E-state index contributed by atoms with van der Waals surface area (Å²) in [6, 6.07) is 1.89. The van der Waals surface area contributed by atoms with Crippen LogP contribution >= 0.6 is 0 Å². The van der Waals surface area contributed by atoms with E-state index >= 15 is 0 Å². The first-order valence-corrected chi connectivity index (χ1v) is 6.49. The number of aromatic nitrogens is 3. The molecule has 0 amide bonds. The number of carboxylic acid groups (broad SMARTS) is 1. The van der Waals surface area contributed by atoms with Crippen molar-refractivity contribution in [1.29, 1.82) is 0 Å². The maximum Gasteiger partial charge on any atom is 0.309 e. The van der Waals surface area contributed by atoms with Crippen molar-refractivity contribution >= 4 is 17.0 Å². The van der Waals surface area contributed by atoms with Crippen LogP contribution in [0.25, 0.3) is 11.0 Å². The summed E-state index contributed by atoms with van der Waals surface area (Å²) < 4.78 is 2.07. The molecule has 102 valence electrons. The Balaban J connectivity index is 1.88. The summed E-state index contributed by atoms with van der Waals surface area (Å²) >= 11 is 0. The fraction of sp³-hybridized carbons (Fsp3) is 0.500. The summed E-state index contributed by atoms with van der Waals surface area (Å²) in [4.78, 5) is 19.4. The first kappa shape index (κ1) is 13.5. The molecule has 0 unspecified atom stereocenters. The summed E-state index contributed by atoms with van der Waals surface area (Å²) in [5, 5.41) is 9.04. The van der Waals surface area contributed by atoms with Crippen LogP contribution in [0.15, 0.2) is 24.8 Å². The summed E-state index contributed by atoms with van der Waals surface area (Å²) in [6.45, 7) is 4.38. The van der Waals surface area contributed by atoms with Crippen LogP contribution in [-0.4, -0.2) is 25.6 Å². The third-order valence-corrected chi connectivity index (χ3v) is 3.45. The highest BCUT2D eigenvalue weighted by Gasteiger charge is 2.25. The zero-order valence-electron chi connectivity index (χ0n) is 11.3. The Hall–Kier alpha value is -1.91. The van der Waals surface area contributed by atoms with E-state index in [1.165, 1.54) is 0 Å². The van der Waals surface area contributed by atoms with E-state index in [1.807, 2.05) is 18.6 Å². The second-order valence-corrected chi connectivity index (χ2v) is 5.45. The first-order valence-electron chi connectivity index (χ1n) is 6.49. The van der Waals surface area contributed by atoms with E-state index in [-0.39, 0.29) is 0 Å². The van der Waals surface area contributed by atoms with Gasteiger partial charge in [-0.25, -0.2) is 4.98 Å². The molecule has 0 saturated heterocycles. The summed E-state index contributed by atoms with van der Waals surface area (Å²) in [5.41, 5.74) is 1.33. The largest absolute Gasteiger partial charge is 0.481 e. The van der Waals surface area contributed by atoms with Crippen LogP contribution in [0.3, 0.4) is 0 Å². The van der Waals surface area contributed by atoms with E-state index in [0.29, 0.717) is 6.42 Å². The molecule has 0 aliphatic heterocycles. The predicted octanol–water partition coefficient (Wildman–Crippen LogP) is 2.71. The van der Waals surface area contributed by atoms with Crippen molar-refractivity contribution in [3.05, 3.63) is 24.8 Å². The molecule has 2 aromatic heterocycles. The maximum absolute atomic E-state index is 11.0. The molecule has 0 radical (unpaired) electrons. The first-order chi connectivity index (χ1) is 9.00. The molecule has 5 nitrogen and oxygen atoms in total. The molecule has 0 aromatic carbocycles. The summed E-state index contributed by atoms with van der Waals surface area (Å²) in [7, 11) is 0. The van der Waals surface area contributed by atoms with Crippen molar-refractivity contribution in [2.45, 2.75) is 39.7 Å². The van der Waals surface area contributed by atoms with Crippen LogP contribution in [-0.2, 0) is 11.3 Å². The fourth-order valence-electron chi connectivity index (χ4n) is 2.04. The number of hydrogen-bond donors (Lipinski definition) is 1. The number of fused-ring (bicyclic) bond motifs is 1. The Bertz CT molecular complexity index is 575. The number of rotatable bonds is 6. The van der Waals surface area contributed by atoms with E-state index in [0.717, 1.165) is 30.4 Å². The summed E-state index contributed by atoms with van der Waals surface area (Å²) in [5.74, 6) is -0.732. The number of nitrogens with zero attached hydrogens (tertiary/aromatic N) is 3. The topological polar surface area (TPSA) is 68.0 Å². The predicted molar refractivity (Wildman–Crippen MR) is 72.8 cm³/mol. The Kier molecular flexibility index (Phi) is 3.83. The minimum absolute atomic E-state index is 0.640. The van der Waals surface area contributed by atoms with Gasteiger partial charge in [-0.1, -0.05) is 6.42 Å². The van der Waals surface area contributed by atoms with Gasteiger partial charge in [0.15, 0.2) is 0 Å². The van der Waals surface area contributed by atoms with Gasteiger partial charge in [0.2, 0.25) is 0 Å². The molecule has 2 aromatic rings. The van der Waals surface area contributed by atoms with Gasteiger partial charge in [0.1, 0.15) is 0 Å². The molecule has 0 aliphatic rings. The number of hydrogen-bond acceptors (Lipinski definition) is 3. The van der Waals surface area contributed by atoms with Gasteiger partial charge in [-0.05, 0) is 32.8 Å². The SMILES string of the molecule is CC(C)(CCCCn1cnc2ccncc21)C(=O)O. The molecular formula is C14H19N3O2. The van der Waals surface area contributed by atoms with Gasteiger partial charge < -0.3 is 9.67 Å². The standard InChI is InChI=1S/C14H19N3O2/c1-14(2,13(18)19)6-3-4-8-17-10-16-11-5-7-15-9-12(11)17/h5,7,9-10H,3-4,6,8H2,1-2H3,(H,18,19). The maximum atomic E-state index is 11.0. The van der Waals surface area contributed by atoms with Crippen LogP contribution in [0.1, 0.15) is 33.1 Å². The third kappa shape index (κ3) is 3.10. The second kappa shape index (κ2) is 5.38. The van der Waals surface area contributed by atoms with Crippen LogP contribution in [0.4, 0.5) is 0 Å². The monoisotopic (exact) mass is 261 g/mol. The Morgan fingerprint density at radius 2 is 2.21 bits per heavy atom. The fourth-order valence-corrected chi connectivity index (χ4v) is 2.04. The van der Waals surface area contributed by atoms with Crippen molar-refractivity contribution < 1.29 is 9.90 Å². The lowest BCUT2D eigenvalue weighted by molar-refractivity contribution is -0.147. The number of aliphatic carboxylic acids is 1. The van der Waals surface area contributed by atoms with Crippen molar-refractivity contribution in [3.8, 4) is 0 Å². The van der Waals surface area contributed by atoms with Crippen LogP contribution in [0.5, 0.6) is 0 Å². The van der Waals surface area contributed by atoms with Crippen LogP contribution in [0.2, 0.25) is 0 Å². The number of carbonyl (C=O) groups is 1. The average molecular weight is 261 g/mol. The smallest absolute Gasteiger partial charge is 0.309 e. The quantitative estimate of drug-likeness (QED) is 0.812. The molecule has 2 heterocycles. The highest BCUT2D eigenvalue weighted by molar-refractivity contribution is 5.74. The van der Waals surface area contributed by atoms with E-state index in [1.54, 1.807) is 20.0 Å². The van der Waals surface area contributed by atoms with Gasteiger partial charge in [-0.15, -0.1) is 0 Å². The highest BCUT2D eigenvalue weighted by Crippen LogP contribution is 2.23. The molecular weight excluding hydrogens is 242 g/mol. The summed E-state index contributed by atoms with van der Waals surface area (Å²) in [6.07, 6.45) is 7.87. The molecule has 0 bridgehead atoms. The van der Waals surface area contributed by atoms with E-state index in [9.17, 15) is 4.79 Å². The number of pyridine rings is 1. The highest BCUT2D eigenvalue weighted by atomic mass is 16.4. The minimum atomic E-state index is -0.732. The van der Waals surface area contributed by atoms with Gasteiger partial charge in [0.05, 0.1) is 29.0 Å². The number of unbranched alkanes of at least 4 members (excludes halogenated alkanes) is 1. The van der Waals surface area contributed by atoms with Gasteiger partial charge in [0.25, 0.3) is 0 Å². The zero-order chi connectivity index (χ0) is 13.9. The molecule has 5 heteroatoms. The van der Waals surface area contributed by atoms with E-state index in [4.69, 9.17) is 5.11 Å². The van der Waals surface area contributed by atoms with E-state index in [2.05, 4.69) is 14.5 Å².